The number of nitrogens with zero attached hydrogens (tertiary/aromatic N) is 1. The van der Waals surface area contributed by atoms with E-state index in [4.69, 9.17) is 9.47 Å². The summed E-state index contributed by atoms with van der Waals surface area (Å²) in [7, 11) is 0. The number of Topliss-reactive ketones (excluding diaryl/α,β-unsaturated/α-hetero) is 1. The molecule has 2 aliphatic rings. The zero-order chi connectivity index (χ0) is 28.3. The fourth-order valence-electron chi connectivity index (χ4n) is 5.56. The molecule has 0 aromatic heterocycles. The summed E-state index contributed by atoms with van der Waals surface area (Å²) in [5, 5.41) is 11.5. The van der Waals surface area contributed by atoms with Gasteiger partial charge in [-0.2, -0.15) is 0 Å². The van der Waals surface area contributed by atoms with Crippen LogP contribution in [0.15, 0.2) is 109 Å². The first-order chi connectivity index (χ1) is 20.0. The van der Waals surface area contributed by atoms with Gasteiger partial charge in [-0.15, -0.1) is 0 Å². The maximum Gasteiger partial charge on any atom is 0.295 e. The maximum absolute atomic E-state index is 13.5. The normalized spacial score (nSPS) is 19.2. The van der Waals surface area contributed by atoms with Crippen molar-refractivity contribution in [3.63, 3.8) is 0 Å². The number of benzene rings is 4. The molecule has 0 aliphatic carbocycles. The van der Waals surface area contributed by atoms with E-state index in [2.05, 4.69) is 0 Å². The maximum atomic E-state index is 13.5. The number of rotatable bonds is 8. The third-order valence-corrected chi connectivity index (χ3v) is 7.64. The van der Waals surface area contributed by atoms with E-state index in [-0.39, 0.29) is 17.4 Å². The highest BCUT2D eigenvalue weighted by Crippen LogP contribution is 2.41. The third kappa shape index (κ3) is 5.46. The van der Waals surface area contributed by atoms with Gasteiger partial charge in [0.15, 0.2) is 0 Å². The highest BCUT2D eigenvalue weighted by Gasteiger charge is 2.46. The zero-order valence-electron chi connectivity index (χ0n) is 22.8. The number of ether oxygens (including phenoxy) is 2. The number of aliphatic hydroxyl groups excluding tert-OH is 1. The van der Waals surface area contributed by atoms with Gasteiger partial charge in [0.25, 0.3) is 11.7 Å². The SMILES string of the molecule is C[C@@H]1Cc2cc(C(O)=C3C(=O)C(=O)N(CCc4ccccc4)[C@H]3c3ccc(OCc4ccccc4)cc3)ccc2O1. The van der Waals surface area contributed by atoms with Crippen LogP contribution in [-0.2, 0) is 29.0 Å². The van der Waals surface area contributed by atoms with Crippen LogP contribution in [-0.4, -0.2) is 34.3 Å². The molecule has 2 atom stereocenters. The molecule has 1 fully saturated rings. The first-order valence-corrected chi connectivity index (χ1v) is 13.9. The van der Waals surface area contributed by atoms with Crippen molar-refractivity contribution in [3.05, 3.63) is 137 Å². The van der Waals surface area contributed by atoms with Gasteiger partial charge in [-0.3, -0.25) is 9.59 Å². The lowest BCUT2D eigenvalue weighted by molar-refractivity contribution is -0.139. The van der Waals surface area contributed by atoms with Gasteiger partial charge >= 0.3 is 0 Å². The van der Waals surface area contributed by atoms with E-state index in [1.54, 1.807) is 11.0 Å². The van der Waals surface area contributed by atoms with Crippen LogP contribution in [0.2, 0.25) is 0 Å². The average Bonchev–Trinajstić information content (AvgIpc) is 3.50. The molecule has 0 spiro atoms. The molecule has 0 unspecified atom stereocenters. The lowest BCUT2D eigenvalue weighted by Gasteiger charge is -2.25. The van der Waals surface area contributed by atoms with Crippen LogP contribution >= 0.6 is 0 Å². The van der Waals surface area contributed by atoms with Crippen molar-refractivity contribution in [2.45, 2.75) is 38.5 Å². The van der Waals surface area contributed by atoms with Gasteiger partial charge in [0.05, 0.1) is 11.6 Å². The summed E-state index contributed by atoms with van der Waals surface area (Å²) >= 11 is 0. The van der Waals surface area contributed by atoms with Gasteiger partial charge in [-0.1, -0.05) is 72.8 Å². The second-order valence-electron chi connectivity index (χ2n) is 10.5. The van der Waals surface area contributed by atoms with E-state index < -0.39 is 17.7 Å². The zero-order valence-corrected chi connectivity index (χ0v) is 22.8. The Morgan fingerprint density at radius 1 is 0.902 bits per heavy atom. The summed E-state index contributed by atoms with van der Waals surface area (Å²) in [5.74, 6) is -0.0287. The molecule has 6 nitrogen and oxygen atoms in total. The summed E-state index contributed by atoms with van der Waals surface area (Å²) in [4.78, 5) is 28.4. The molecule has 41 heavy (non-hydrogen) atoms. The molecular formula is C35H31NO5. The van der Waals surface area contributed by atoms with Crippen molar-refractivity contribution in [1.29, 1.82) is 0 Å². The predicted molar refractivity (Wildman–Crippen MR) is 157 cm³/mol. The predicted octanol–water partition coefficient (Wildman–Crippen LogP) is 6.25. The molecule has 1 saturated heterocycles. The minimum Gasteiger partial charge on any atom is -0.507 e. The van der Waals surface area contributed by atoms with Crippen LogP contribution in [0.5, 0.6) is 11.5 Å². The highest BCUT2D eigenvalue weighted by molar-refractivity contribution is 6.46. The Hall–Kier alpha value is -4.84. The molecule has 0 bridgehead atoms. The van der Waals surface area contributed by atoms with Crippen molar-refractivity contribution < 1.29 is 24.2 Å². The van der Waals surface area contributed by atoms with Crippen molar-refractivity contribution >= 4 is 17.4 Å². The molecule has 2 aliphatic heterocycles. The second kappa shape index (κ2) is 11.3. The van der Waals surface area contributed by atoms with Crippen molar-refractivity contribution in [2.24, 2.45) is 0 Å². The van der Waals surface area contributed by atoms with Gasteiger partial charge < -0.3 is 19.5 Å². The fraction of sp³-hybridized carbons (Fsp3) is 0.200. The van der Waals surface area contributed by atoms with Gasteiger partial charge in [-0.05, 0) is 65.9 Å². The molecule has 4 aromatic rings. The first kappa shape index (κ1) is 26.4. The monoisotopic (exact) mass is 545 g/mol. The van der Waals surface area contributed by atoms with E-state index in [1.165, 1.54) is 0 Å². The van der Waals surface area contributed by atoms with Crippen molar-refractivity contribution in [3.8, 4) is 11.5 Å². The largest absolute Gasteiger partial charge is 0.507 e. The van der Waals surface area contributed by atoms with Crippen molar-refractivity contribution in [1.82, 2.24) is 4.90 Å². The van der Waals surface area contributed by atoms with Crippen LogP contribution in [0, 0.1) is 0 Å². The summed E-state index contributed by atoms with van der Waals surface area (Å²) in [6, 6.07) is 31.8. The topological polar surface area (TPSA) is 76.1 Å². The van der Waals surface area contributed by atoms with Crippen LogP contribution < -0.4 is 9.47 Å². The van der Waals surface area contributed by atoms with E-state index in [0.29, 0.717) is 30.9 Å². The van der Waals surface area contributed by atoms with E-state index in [1.807, 2.05) is 104 Å². The molecule has 206 valence electrons. The minimum absolute atomic E-state index is 0.0496. The smallest absolute Gasteiger partial charge is 0.295 e. The molecule has 0 radical (unpaired) electrons. The fourth-order valence-corrected chi connectivity index (χ4v) is 5.56. The lowest BCUT2D eigenvalue weighted by Crippen LogP contribution is -2.31. The van der Waals surface area contributed by atoms with Gasteiger partial charge in [0.2, 0.25) is 0 Å². The number of carbonyl (C=O) groups is 2. The van der Waals surface area contributed by atoms with Crippen LogP contribution in [0.1, 0.15) is 40.8 Å². The Morgan fingerprint density at radius 2 is 1.59 bits per heavy atom. The number of ketones is 1. The number of likely N-dealkylation sites (tertiary alicyclic amines) is 1. The van der Waals surface area contributed by atoms with E-state index >= 15 is 0 Å². The molecule has 4 aromatic carbocycles. The number of aliphatic hydroxyl groups is 1. The average molecular weight is 546 g/mol. The highest BCUT2D eigenvalue weighted by atomic mass is 16.5. The van der Waals surface area contributed by atoms with Crippen LogP contribution in [0.4, 0.5) is 0 Å². The third-order valence-electron chi connectivity index (χ3n) is 7.64. The van der Waals surface area contributed by atoms with Crippen LogP contribution in [0.25, 0.3) is 5.76 Å². The molecule has 6 rings (SSSR count). The summed E-state index contributed by atoms with van der Waals surface area (Å²) in [6.07, 6.45) is 1.35. The Bertz CT molecular complexity index is 1600. The Kier molecular flexibility index (Phi) is 7.30. The molecular weight excluding hydrogens is 514 g/mol. The second-order valence-corrected chi connectivity index (χ2v) is 10.5. The molecule has 2 heterocycles. The van der Waals surface area contributed by atoms with Gasteiger partial charge in [0, 0.05) is 18.5 Å². The summed E-state index contributed by atoms with van der Waals surface area (Å²) < 4.78 is 11.8. The molecule has 6 heteroatoms. The van der Waals surface area contributed by atoms with E-state index in [9.17, 15) is 14.7 Å². The molecule has 0 saturated carbocycles. The number of carbonyl (C=O) groups excluding carboxylic acids is 2. The molecule has 1 N–H and O–H groups in total. The van der Waals surface area contributed by atoms with Gasteiger partial charge in [-0.25, -0.2) is 0 Å². The molecule has 1 amide bonds. The summed E-state index contributed by atoms with van der Waals surface area (Å²) in [6.45, 7) is 2.75. The minimum atomic E-state index is -0.731. The van der Waals surface area contributed by atoms with E-state index in [0.717, 1.165) is 34.4 Å². The first-order valence-electron chi connectivity index (χ1n) is 13.9. The van der Waals surface area contributed by atoms with Crippen molar-refractivity contribution in [2.75, 3.05) is 6.54 Å². The number of fused-ring (bicyclic) bond motifs is 1. The standard InChI is InChI=1S/C35H31NO5/c1-23-20-28-21-27(14-17-30(28)41-23)33(37)31-32(36(35(39)34(31)38)19-18-24-8-4-2-5-9-24)26-12-15-29(16-13-26)40-22-25-10-6-3-7-11-25/h2-17,21,23,32,37H,18-20,22H2,1H3/t23-,32+/m1/s1. The Morgan fingerprint density at radius 3 is 2.29 bits per heavy atom. The van der Waals surface area contributed by atoms with Crippen LogP contribution in [0.3, 0.4) is 0 Å². The lowest BCUT2D eigenvalue weighted by atomic mass is 9.94. The summed E-state index contributed by atoms with van der Waals surface area (Å²) in [5.41, 5.74) is 4.40. The van der Waals surface area contributed by atoms with Gasteiger partial charge in [0.1, 0.15) is 30.0 Å². The quantitative estimate of drug-likeness (QED) is 0.161. The Labute approximate surface area is 239 Å². The number of amides is 1. The Balaban J connectivity index is 1.34. The number of hydrogen-bond acceptors (Lipinski definition) is 5. The number of hydrogen-bond donors (Lipinski definition) is 1.